The molecule has 6 heteroatoms. The van der Waals surface area contributed by atoms with Gasteiger partial charge in [-0.15, -0.1) is 0 Å². The van der Waals surface area contributed by atoms with E-state index in [0.717, 1.165) is 44.8 Å². The molecule has 2 fully saturated rings. The summed E-state index contributed by atoms with van der Waals surface area (Å²) in [6.07, 6.45) is 3.02. The van der Waals surface area contributed by atoms with Crippen molar-refractivity contribution in [2.75, 3.05) is 39.3 Å². The van der Waals surface area contributed by atoms with E-state index in [-0.39, 0.29) is 11.7 Å². The van der Waals surface area contributed by atoms with Crippen LogP contribution in [-0.4, -0.2) is 55.0 Å². The largest absolute Gasteiger partial charge is 0.340 e. The van der Waals surface area contributed by atoms with E-state index in [4.69, 9.17) is 11.6 Å². The second kappa shape index (κ2) is 9.16. The van der Waals surface area contributed by atoms with Crippen molar-refractivity contribution in [2.24, 2.45) is 11.8 Å². The fraction of sp³-hybridized carbons (Fsp3) is 0.650. The van der Waals surface area contributed by atoms with Crippen LogP contribution < -0.4 is 5.32 Å². The molecule has 0 bridgehead atoms. The van der Waals surface area contributed by atoms with Gasteiger partial charge in [0.25, 0.3) is 0 Å². The summed E-state index contributed by atoms with van der Waals surface area (Å²) in [5.41, 5.74) is 0.937. The number of hydrogen-bond donors (Lipinski definition) is 1. The van der Waals surface area contributed by atoms with Crippen LogP contribution in [0.2, 0.25) is 5.02 Å². The Hall–Kier alpha value is -1.17. The lowest BCUT2D eigenvalue weighted by Crippen LogP contribution is -2.48. The molecule has 1 N–H and O–H groups in total. The maximum atomic E-state index is 13.2. The van der Waals surface area contributed by atoms with E-state index in [1.165, 1.54) is 25.0 Å². The number of halogens is 2. The molecule has 2 aliphatic rings. The number of carbonyl (C=O) groups is 1. The average Bonchev–Trinajstić information content (AvgIpc) is 2.65. The Morgan fingerprint density at radius 2 is 1.96 bits per heavy atom. The van der Waals surface area contributed by atoms with Gasteiger partial charge in [0, 0.05) is 44.2 Å². The molecule has 1 aromatic rings. The number of nitrogens with zero attached hydrogens (tertiary/aromatic N) is 2. The Labute approximate surface area is 160 Å². The maximum Gasteiger partial charge on any atom is 0.222 e. The van der Waals surface area contributed by atoms with Gasteiger partial charge < -0.3 is 10.2 Å². The van der Waals surface area contributed by atoms with Gasteiger partial charge in [0.2, 0.25) is 5.91 Å². The molecular weight excluding hydrogens is 353 g/mol. The number of benzene rings is 1. The zero-order valence-corrected chi connectivity index (χ0v) is 16.3. The molecule has 0 spiro atoms. The molecule has 1 amide bonds. The molecule has 26 heavy (non-hydrogen) atoms. The minimum Gasteiger partial charge on any atom is -0.340 e. The third kappa shape index (κ3) is 5.18. The summed E-state index contributed by atoms with van der Waals surface area (Å²) in [5.74, 6) is 1.11. The Balaban J connectivity index is 1.44. The van der Waals surface area contributed by atoms with Gasteiger partial charge in [0.1, 0.15) is 5.82 Å². The summed E-state index contributed by atoms with van der Waals surface area (Å²) in [4.78, 5) is 16.9. The molecule has 1 unspecified atom stereocenters. The number of piperazine rings is 1. The third-order valence-electron chi connectivity index (χ3n) is 5.82. The number of nitrogens with one attached hydrogen (secondary N) is 1. The van der Waals surface area contributed by atoms with Crippen molar-refractivity contribution >= 4 is 17.5 Å². The lowest BCUT2D eigenvalue weighted by molar-refractivity contribution is -0.134. The van der Waals surface area contributed by atoms with Crippen molar-refractivity contribution in [3.05, 3.63) is 34.6 Å². The molecule has 1 atom stereocenters. The second-order valence-electron chi connectivity index (χ2n) is 7.66. The van der Waals surface area contributed by atoms with Crippen molar-refractivity contribution in [3.8, 4) is 0 Å². The molecule has 2 aliphatic heterocycles. The summed E-state index contributed by atoms with van der Waals surface area (Å²) in [6, 6.07) is 4.55. The predicted molar refractivity (Wildman–Crippen MR) is 103 cm³/mol. The van der Waals surface area contributed by atoms with Gasteiger partial charge in [-0.05, 0) is 55.5 Å². The predicted octanol–water partition coefficient (Wildman–Crippen LogP) is 3.15. The van der Waals surface area contributed by atoms with Gasteiger partial charge in [-0.25, -0.2) is 4.39 Å². The summed E-state index contributed by atoms with van der Waals surface area (Å²) < 4.78 is 13.2. The highest BCUT2D eigenvalue weighted by atomic mass is 35.5. The number of carbonyl (C=O) groups excluding carboxylic acids is 1. The van der Waals surface area contributed by atoms with E-state index < -0.39 is 0 Å². The van der Waals surface area contributed by atoms with Crippen LogP contribution >= 0.6 is 11.6 Å². The van der Waals surface area contributed by atoms with Crippen LogP contribution in [0.4, 0.5) is 4.39 Å². The standard InChI is InChI=1S/C20H29ClFN3O/c1-15(16-4-6-23-7-5-16)12-20(26)25-10-8-24(9-11-25)14-17-2-3-18(22)13-19(17)21/h2-3,13,15-16,23H,4-12,14H2,1H3. The van der Waals surface area contributed by atoms with E-state index in [0.29, 0.717) is 29.8 Å². The molecule has 0 aliphatic carbocycles. The topological polar surface area (TPSA) is 35.6 Å². The van der Waals surface area contributed by atoms with Crippen molar-refractivity contribution in [2.45, 2.75) is 32.7 Å². The van der Waals surface area contributed by atoms with Crippen molar-refractivity contribution in [1.29, 1.82) is 0 Å². The molecule has 1 aromatic carbocycles. The molecule has 0 radical (unpaired) electrons. The van der Waals surface area contributed by atoms with Gasteiger partial charge in [0.05, 0.1) is 0 Å². The second-order valence-corrected chi connectivity index (χ2v) is 8.07. The minimum atomic E-state index is -0.308. The highest BCUT2D eigenvalue weighted by molar-refractivity contribution is 6.31. The first-order valence-corrected chi connectivity index (χ1v) is 10.1. The first kappa shape index (κ1) is 19.6. The molecule has 2 heterocycles. The molecule has 0 saturated carbocycles. The van der Waals surface area contributed by atoms with E-state index in [1.807, 2.05) is 4.90 Å². The summed E-state index contributed by atoms with van der Waals surface area (Å²) in [5, 5.41) is 3.86. The Morgan fingerprint density at radius 1 is 1.27 bits per heavy atom. The number of rotatable bonds is 5. The number of amides is 1. The fourth-order valence-corrected chi connectivity index (χ4v) is 4.26. The van der Waals surface area contributed by atoms with E-state index in [2.05, 4.69) is 17.1 Å². The summed E-state index contributed by atoms with van der Waals surface area (Å²) >= 11 is 6.12. The quantitative estimate of drug-likeness (QED) is 0.851. The lowest BCUT2D eigenvalue weighted by atomic mass is 9.84. The third-order valence-corrected chi connectivity index (χ3v) is 6.17. The maximum absolute atomic E-state index is 13.2. The van der Waals surface area contributed by atoms with E-state index in [9.17, 15) is 9.18 Å². The van der Waals surface area contributed by atoms with Gasteiger partial charge in [-0.1, -0.05) is 24.6 Å². The molecule has 2 saturated heterocycles. The zero-order valence-electron chi connectivity index (χ0n) is 15.5. The van der Waals surface area contributed by atoms with E-state index >= 15 is 0 Å². The zero-order chi connectivity index (χ0) is 18.5. The van der Waals surface area contributed by atoms with Gasteiger partial charge in [-0.3, -0.25) is 9.69 Å². The molecule has 144 valence electrons. The SMILES string of the molecule is CC(CC(=O)N1CCN(Cc2ccc(F)cc2Cl)CC1)C1CCNCC1. The van der Waals surface area contributed by atoms with Crippen LogP contribution in [0.25, 0.3) is 0 Å². The molecule has 0 aromatic heterocycles. The number of hydrogen-bond acceptors (Lipinski definition) is 3. The van der Waals surface area contributed by atoms with Crippen molar-refractivity contribution in [3.63, 3.8) is 0 Å². The highest BCUT2D eigenvalue weighted by Crippen LogP contribution is 2.25. The fourth-order valence-electron chi connectivity index (χ4n) is 4.03. The first-order valence-electron chi connectivity index (χ1n) is 9.67. The monoisotopic (exact) mass is 381 g/mol. The average molecular weight is 382 g/mol. The lowest BCUT2D eigenvalue weighted by Gasteiger charge is -2.36. The van der Waals surface area contributed by atoms with Crippen molar-refractivity contribution in [1.82, 2.24) is 15.1 Å². The molecule has 4 nitrogen and oxygen atoms in total. The van der Waals surface area contributed by atoms with Crippen molar-refractivity contribution < 1.29 is 9.18 Å². The Bertz CT molecular complexity index is 613. The molecule has 3 rings (SSSR count). The van der Waals surface area contributed by atoms with Crippen LogP contribution in [0.1, 0.15) is 31.7 Å². The van der Waals surface area contributed by atoms with Gasteiger partial charge in [0.15, 0.2) is 0 Å². The van der Waals surface area contributed by atoms with Crippen LogP contribution in [0.3, 0.4) is 0 Å². The normalized spacial score (nSPS) is 21.0. The van der Waals surface area contributed by atoms with Crippen LogP contribution in [0, 0.1) is 17.7 Å². The minimum absolute atomic E-state index is 0.287. The first-order chi connectivity index (χ1) is 12.5. The Kier molecular flexibility index (Phi) is 6.90. The van der Waals surface area contributed by atoms with Crippen LogP contribution in [-0.2, 0) is 11.3 Å². The van der Waals surface area contributed by atoms with E-state index in [1.54, 1.807) is 6.07 Å². The number of piperidine rings is 1. The van der Waals surface area contributed by atoms with Gasteiger partial charge in [-0.2, -0.15) is 0 Å². The Morgan fingerprint density at radius 3 is 2.62 bits per heavy atom. The highest BCUT2D eigenvalue weighted by Gasteiger charge is 2.26. The smallest absolute Gasteiger partial charge is 0.222 e. The van der Waals surface area contributed by atoms with Crippen LogP contribution in [0.5, 0.6) is 0 Å². The molecular formula is C20H29ClFN3O. The van der Waals surface area contributed by atoms with Crippen LogP contribution in [0.15, 0.2) is 18.2 Å². The summed E-state index contributed by atoms with van der Waals surface area (Å²) in [6.45, 7) is 8.27. The summed E-state index contributed by atoms with van der Waals surface area (Å²) in [7, 11) is 0. The van der Waals surface area contributed by atoms with Gasteiger partial charge >= 0.3 is 0 Å².